The van der Waals surface area contributed by atoms with Crippen molar-refractivity contribution in [2.75, 3.05) is 36.3 Å². The van der Waals surface area contributed by atoms with Crippen LogP contribution in [-0.4, -0.2) is 31.1 Å². The number of hydrogen-bond donors (Lipinski definition) is 2. The number of carbonyl (C=O) groups excluding carboxylic acids is 1. The quantitative estimate of drug-likeness (QED) is 0.598. The molecule has 0 radical (unpaired) electrons. The fourth-order valence-electron chi connectivity index (χ4n) is 1.25. The van der Waals surface area contributed by atoms with Gasteiger partial charge in [-0.15, -0.1) is 0 Å². The lowest BCUT2D eigenvalue weighted by molar-refractivity contribution is -0.115. The van der Waals surface area contributed by atoms with E-state index in [1.54, 1.807) is 37.1 Å². The first-order valence-corrected chi connectivity index (χ1v) is 7.08. The Morgan fingerprint density at radius 3 is 2.94 bits per heavy atom. The van der Waals surface area contributed by atoms with Crippen molar-refractivity contribution in [2.24, 2.45) is 0 Å². The lowest BCUT2D eigenvalue weighted by Crippen LogP contribution is -2.12. The van der Waals surface area contributed by atoms with E-state index in [9.17, 15) is 4.79 Å². The summed E-state index contributed by atoms with van der Waals surface area (Å²) in [5.41, 5.74) is 6.78. The maximum atomic E-state index is 11.6. The fraction of sp³-hybridized carbons (Fsp3) is 0.417. The van der Waals surface area contributed by atoms with Gasteiger partial charge in [0.2, 0.25) is 5.91 Å². The number of halogens is 1. The van der Waals surface area contributed by atoms with Gasteiger partial charge >= 0.3 is 0 Å². The highest BCUT2D eigenvalue weighted by atomic mass is 35.5. The molecule has 0 spiro atoms. The van der Waals surface area contributed by atoms with Gasteiger partial charge in [0.05, 0.1) is 17.3 Å². The van der Waals surface area contributed by atoms with Crippen molar-refractivity contribution >= 4 is 40.6 Å². The molecule has 0 bridgehead atoms. The molecule has 4 nitrogen and oxygen atoms in total. The third-order valence-electron chi connectivity index (χ3n) is 2.19. The van der Waals surface area contributed by atoms with Crippen molar-refractivity contribution in [1.82, 2.24) is 0 Å². The van der Waals surface area contributed by atoms with Crippen LogP contribution in [0, 0.1) is 0 Å². The number of ether oxygens (including phenoxy) is 1. The van der Waals surface area contributed by atoms with Crippen LogP contribution in [0.1, 0.15) is 6.42 Å². The average molecular weight is 289 g/mol. The largest absolute Gasteiger partial charge is 0.397 e. The van der Waals surface area contributed by atoms with Crippen molar-refractivity contribution in [3.8, 4) is 0 Å². The van der Waals surface area contributed by atoms with Crippen LogP contribution >= 0.6 is 23.4 Å². The van der Waals surface area contributed by atoms with E-state index < -0.39 is 0 Å². The Balaban J connectivity index is 2.29. The molecule has 0 heterocycles. The third kappa shape index (κ3) is 5.62. The van der Waals surface area contributed by atoms with Crippen LogP contribution in [0.15, 0.2) is 18.2 Å². The molecule has 1 amide bonds. The molecule has 0 saturated carbocycles. The van der Waals surface area contributed by atoms with Gasteiger partial charge in [-0.3, -0.25) is 4.79 Å². The van der Waals surface area contributed by atoms with Gasteiger partial charge in [0.15, 0.2) is 0 Å². The normalized spacial score (nSPS) is 10.3. The van der Waals surface area contributed by atoms with Crippen LogP contribution in [0.5, 0.6) is 0 Å². The number of nitrogens with one attached hydrogen (secondary N) is 1. The summed E-state index contributed by atoms with van der Waals surface area (Å²) in [6.45, 7) is 0.708. The summed E-state index contributed by atoms with van der Waals surface area (Å²) < 4.78 is 4.92. The van der Waals surface area contributed by atoms with Gasteiger partial charge in [0.1, 0.15) is 0 Å². The molecule has 0 atom stereocenters. The van der Waals surface area contributed by atoms with E-state index in [4.69, 9.17) is 22.1 Å². The lowest BCUT2D eigenvalue weighted by atomic mass is 10.2. The predicted molar refractivity (Wildman–Crippen MR) is 78.3 cm³/mol. The molecule has 1 aromatic rings. The first-order chi connectivity index (χ1) is 8.63. The molecule has 0 aliphatic rings. The fourth-order valence-corrected chi connectivity index (χ4v) is 2.19. The number of rotatable bonds is 7. The molecule has 0 saturated heterocycles. The topological polar surface area (TPSA) is 64.3 Å². The first kappa shape index (κ1) is 15.1. The average Bonchev–Trinajstić information content (AvgIpc) is 2.34. The van der Waals surface area contributed by atoms with E-state index >= 15 is 0 Å². The molecular formula is C12H17ClN2O2S. The zero-order valence-corrected chi connectivity index (χ0v) is 11.8. The predicted octanol–water partition coefficient (Wildman–Crippen LogP) is 2.63. The van der Waals surface area contributed by atoms with Crippen molar-refractivity contribution < 1.29 is 9.53 Å². The molecule has 1 rings (SSSR count). The molecule has 0 aliphatic carbocycles. The van der Waals surface area contributed by atoms with Crippen molar-refractivity contribution in [3.05, 3.63) is 23.2 Å². The minimum atomic E-state index is -0.0263. The van der Waals surface area contributed by atoms with Gasteiger partial charge < -0.3 is 15.8 Å². The third-order valence-corrected chi connectivity index (χ3v) is 3.48. The number of benzene rings is 1. The Hall–Kier alpha value is -0.910. The number of hydrogen-bond acceptors (Lipinski definition) is 4. The van der Waals surface area contributed by atoms with E-state index in [0.29, 0.717) is 29.4 Å². The summed E-state index contributed by atoms with van der Waals surface area (Å²) in [6.07, 6.45) is 0.469. The van der Waals surface area contributed by atoms with Crippen molar-refractivity contribution in [2.45, 2.75) is 6.42 Å². The Morgan fingerprint density at radius 2 is 2.28 bits per heavy atom. The second-order valence-electron chi connectivity index (χ2n) is 3.64. The van der Waals surface area contributed by atoms with Crippen LogP contribution in [0.2, 0.25) is 5.02 Å². The second kappa shape index (κ2) is 8.24. The maximum Gasteiger partial charge on any atom is 0.225 e. The minimum absolute atomic E-state index is 0.0263. The SMILES string of the molecule is COCCSCCC(=O)Nc1ccc(Cl)c(N)c1. The van der Waals surface area contributed by atoms with Gasteiger partial charge in [-0.1, -0.05) is 11.6 Å². The second-order valence-corrected chi connectivity index (χ2v) is 5.27. The van der Waals surface area contributed by atoms with Gasteiger partial charge in [0.25, 0.3) is 0 Å². The Labute approximate surface area is 116 Å². The summed E-state index contributed by atoms with van der Waals surface area (Å²) in [4.78, 5) is 11.6. The maximum absolute atomic E-state index is 11.6. The van der Waals surface area contributed by atoms with Crippen LogP contribution < -0.4 is 11.1 Å². The van der Waals surface area contributed by atoms with Crippen LogP contribution in [-0.2, 0) is 9.53 Å². The highest BCUT2D eigenvalue weighted by Gasteiger charge is 2.04. The van der Waals surface area contributed by atoms with Gasteiger partial charge in [-0.25, -0.2) is 0 Å². The summed E-state index contributed by atoms with van der Waals surface area (Å²) in [5.74, 6) is 1.65. The molecule has 0 aromatic heterocycles. The first-order valence-electron chi connectivity index (χ1n) is 5.55. The molecular weight excluding hydrogens is 272 g/mol. The zero-order chi connectivity index (χ0) is 13.4. The van der Waals surface area contributed by atoms with Crippen molar-refractivity contribution in [3.63, 3.8) is 0 Å². The molecule has 1 aromatic carbocycles. The number of methoxy groups -OCH3 is 1. The number of amides is 1. The minimum Gasteiger partial charge on any atom is -0.397 e. The highest BCUT2D eigenvalue weighted by Crippen LogP contribution is 2.22. The molecule has 100 valence electrons. The smallest absolute Gasteiger partial charge is 0.225 e. The monoisotopic (exact) mass is 288 g/mol. The summed E-state index contributed by atoms with van der Waals surface area (Å²) in [7, 11) is 1.66. The summed E-state index contributed by atoms with van der Waals surface area (Å²) >= 11 is 7.49. The number of anilines is 2. The Bertz CT molecular complexity index is 402. The molecule has 3 N–H and O–H groups in total. The van der Waals surface area contributed by atoms with E-state index in [1.807, 2.05) is 0 Å². The Morgan fingerprint density at radius 1 is 1.50 bits per heavy atom. The van der Waals surface area contributed by atoms with E-state index in [2.05, 4.69) is 5.32 Å². The zero-order valence-electron chi connectivity index (χ0n) is 10.2. The van der Waals surface area contributed by atoms with Gasteiger partial charge in [0, 0.05) is 30.7 Å². The molecule has 0 fully saturated rings. The van der Waals surface area contributed by atoms with Gasteiger partial charge in [-0.2, -0.15) is 11.8 Å². The van der Waals surface area contributed by atoms with E-state index in [0.717, 1.165) is 11.5 Å². The molecule has 0 aliphatic heterocycles. The lowest BCUT2D eigenvalue weighted by Gasteiger charge is -2.06. The van der Waals surface area contributed by atoms with Gasteiger partial charge in [-0.05, 0) is 18.2 Å². The number of thioether (sulfide) groups is 1. The van der Waals surface area contributed by atoms with Crippen LogP contribution in [0.4, 0.5) is 11.4 Å². The highest BCUT2D eigenvalue weighted by molar-refractivity contribution is 7.99. The number of nitrogens with two attached hydrogens (primary N) is 1. The van der Waals surface area contributed by atoms with E-state index in [-0.39, 0.29) is 5.91 Å². The summed E-state index contributed by atoms with van der Waals surface area (Å²) in [5, 5.41) is 3.27. The van der Waals surface area contributed by atoms with Crippen LogP contribution in [0.25, 0.3) is 0 Å². The summed E-state index contributed by atoms with van der Waals surface area (Å²) in [6, 6.07) is 5.05. The Kier molecular flexibility index (Phi) is 6.93. The van der Waals surface area contributed by atoms with Crippen LogP contribution in [0.3, 0.4) is 0 Å². The molecule has 6 heteroatoms. The standard InChI is InChI=1S/C12H17ClN2O2S/c1-17-5-7-18-6-4-12(16)15-9-2-3-10(13)11(14)8-9/h2-3,8H,4-7,14H2,1H3,(H,15,16). The molecule has 0 unspecified atom stereocenters. The molecule has 18 heavy (non-hydrogen) atoms. The van der Waals surface area contributed by atoms with E-state index in [1.165, 1.54) is 0 Å². The number of carbonyl (C=O) groups is 1. The number of nitrogen functional groups attached to an aromatic ring is 1. The van der Waals surface area contributed by atoms with Crippen molar-refractivity contribution in [1.29, 1.82) is 0 Å².